The number of hydrogen-bond donors (Lipinski definition) is 1. The van der Waals surface area contributed by atoms with Crippen LogP contribution in [-0.4, -0.2) is 53.3 Å². The van der Waals surface area contributed by atoms with E-state index in [0.29, 0.717) is 25.9 Å². The minimum absolute atomic E-state index is 0.0399. The molecule has 0 aromatic heterocycles. The Morgan fingerprint density at radius 3 is 2.10 bits per heavy atom. The van der Waals surface area contributed by atoms with Crippen LogP contribution in [0.5, 0.6) is 0 Å². The molecular formula is C14H25N3O2S. The molecule has 114 valence electrons. The molecule has 0 saturated heterocycles. The Hall–Kier alpha value is -1.17. The third-order valence-corrected chi connectivity index (χ3v) is 4.56. The molecular weight excluding hydrogens is 274 g/mol. The predicted molar refractivity (Wildman–Crippen MR) is 83.3 cm³/mol. The van der Waals surface area contributed by atoms with Crippen molar-refractivity contribution in [3.05, 3.63) is 0 Å². The molecule has 0 unspecified atom stereocenters. The Bertz CT molecular complexity index is 388. The number of nitrogens with zero attached hydrogens (tertiary/aromatic N) is 2. The summed E-state index contributed by atoms with van der Waals surface area (Å²) in [5, 5.41) is 0. The van der Waals surface area contributed by atoms with Gasteiger partial charge in [0, 0.05) is 20.1 Å². The summed E-state index contributed by atoms with van der Waals surface area (Å²) in [6.07, 6.45) is 3.32. The van der Waals surface area contributed by atoms with Gasteiger partial charge in [-0.05, 0) is 26.7 Å². The summed E-state index contributed by atoms with van der Waals surface area (Å²) in [4.78, 5) is 28.2. The van der Waals surface area contributed by atoms with Crippen LogP contribution >= 0.6 is 12.2 Å². The van der Waals surface area contributed by atoms with E-state index in [4.69, 9.17) is 18.0 Å². The Kier molecular flexibility index (Phi) is 5.92. The Labute approximate surface area is 126 Å². The van der Waals surface area contributed by atoms with Crippen LogP contribution in [0.1, 0.15) is 39.5 Å². The van der Waals surface area contributed by atoms with E-state index in [1.807, 2.05) is 13.8 Å². The summed E-state index contributed by atoms with van der Waals surface area (Å²) >= 11 is 5.11. The second kappa shape index (κ2) is 7.02. The first-order valence-corrected chi connectivity index (χ1v) is 7.63. The fourth-order valence-electron chi connectivity index (χ4n) is 2.86. The molecule has 0 radical (unpaired) electrons. The zero-order chi connectivity index (χ0) is 15.3. The summed E-state index contributed by atoms with van der Waals surface area (Å²) in [6, 6.07) is 0. The van der Waals surface area contributed by atoms with Gasteiger partial charge in [0.15, 0.2) is 0 Å². The van der Waals surface area contributed by atoms with E-state index >= 15 is 0 Å². The molecule has 0 heterocycles. The molecule has 5 nitrogen and oxygen atoms in total. The van der Waals surface area contributed by atoms with Gasteiger partial charge in [0.25, 0.3) is 0 Å². The van der Waals surface area contributed by atoms with Crippen molar-refractivity contribution in [3.63, 3.8) is 0 Å². The maximum Gasteiger partial charge on any atom is 0.242 e. The Balaban J connectivity index is 2.76. The Morgan fingerprint density at radius 2 is 1.70 bits per heavy atom. The fraction of sp³-hybridized carbons (Fsp3) is 0.786. The maximum absolute atomic E-state index is 12.6. The molecule has 1 aliphatic carbocycles. The van der Waals surface area contributed by atoms with E-state index in [1.165, 1.54) is 4.90 Å². The molecule has 6 heteroatoms. The van der Waals surface area contributed by atoms with Crippen molar-refractivity contribution in [2.45, 2.75) is 39.5 Å². The summed E-state index contributed by atoms with van der Waals surface area (Å²) in [5.74, 6) is -0.148. The second-order valence-corrected chi connectivity index (χ2v) is 5.82. The largest absolute Gasteiger partial charge is 0.392 e. The quantitative estimate of drug-likeness (QED) is 0.747. The van der Waals surface area contributed by atoms with Crippen LogP contribution in [0.4, 0.5) is 0 Å². The molecule has 1 aliphatic rings. The number of hydrogen-bond acceptors (Lipinski definition) is 3. The standard InChI is InChI=1S/C14H25N3O2S/c1-4-17(5-2)11(18)10-16(3)13(19)14(12(15)20)8-6-7-9-14/h4-10H2,1-3H3,(H2,15,20). The van der Waals surface area contributed by atoms with Crippen molar-refractivity contribution in [2.24, 2.45) is 11.1 Å². The lowest BCUT2D eigenvalue weighted by Gasteiger charge is -2.32. The van der Waals surface area contributed by atoms with Crippen molar-refractivity contribution < 1.29 is 9.59 Å². The average Bonchev–Trinajstić information content (AvgIpc) is 2.89. The van der Waals surface area contributed by atoms with Gasteiger partial charge >= 0.3 is 0 Å². The molecule has 0 aromatic carbocycles. The van der Waals surface area contributed by atoms with Crippen molar-refractivity contribution in [2.75, 3.05) is 26.7 Å². The average molecular weight is 299 g/mol. The van der Waals surface area contributed by atoms with Crippen LogP contribution in [0.3, 0.4) is 0 Å². The van der Waals surface area contributed by atoms with Crippen molar-refractivity contribution in [3.8, 4) is 0 Å². The highest BCUT2D eigenvalue weighted by atomic mass is 32.1. The molecule has 0 atom stereocenters. The second-order valence-electron chi connectivity index (χ2n) is 5.38. The summed E-state index contributed by atoms with van der Waals surface area (Å²) < 4.78 is 0. The van der Waals surface area contributed by atoms with Gasteiger partial charge in [-0.25, -0.2) is 0 Å². The van der Waals surface area contributed by atoms with Gasteiger partial charge in [-0.3, -0.25) is 9.59 Å². The lowest BCUT2D eigenvalue weighted by atomic mass is 9.84. The van der Waals surface area contributed by atoms with E-state index in [-0.39, 0.29) is 23.3 Å². The maximum atomic E-state index is 12.6. The molecule has 0 aliphatic heterocycles. The van der Waals surface area contributed by atoms with E-state index in [9.17, 15) is 9.59 Å². The highest BCUT2D eigenvalue weighted by Crippen LogP contribution is 2.39. The van der Waals surface area contributed by atoms with Gasteiger partial charge in [-0.15, -0.1) is 0 Å². The van der Waals surface area contributed by atoms with E-state index in [2.05, 4.69) is 0 Å². The zero-order valence-corrected chi connectivity index (χ0v) is 13.5. The number of carbonyl (C=O) groups excluding carboxylic acids is 2. The molecule has 2 N–H and O–H groups in total. The lowest BCUT2D eigenvalue weighted by Crippen LogP contribution is -2.50. The van der Waals surface area contributed by atoms with Gasteiger partial charge in [0.05, 0.1) is 16.9 Å². The number of thiocarbonyl (C=S) groups is 1. The topological polar surface area (TPSA) is 66.6 Å². The molecule has 20 heavy (non-hydrogen) atoms. The van der Waals surface area contributed by atoms with Crippen LogP contribution < -0.4 is 5.73 Å². The number of nitrogens with two attached hydrogens (primary N) is 1. The summed E-state index contributed by atoms with van der Waals surface area (Å²) in [7, 11) is 1.65. The minimum Gasteiger partial charge on any atom is -0.392 e. The number of likely N-dealkylation sites (N-methyl/N-ethyl adjacent to an activating group) is 2. The van der Waals surface area contributed by atoms with Gasteiger partial charge in [-0.2, -0.15) is 0 Å². The van der Waals surface area contributed by atoms with Crippen LogP contribution in [0, 0.1) is 5.41 Å². The number of carbonyl (C=O) groups is 2. The Morgan fingerprint density at radius 1 is 1.20 bits per heavy atom. The molecule has 0 bridgehead atoms. The number of amides is 2. The lowest BCUT2D eigenvalue weighted by molar-refractivity contribution is -0.143. The van der Waals surface area contributed by atoms with E-state index < -0.39 is 5.41 Å². The molecule has 0 spiro atoms. The molecule has 1 saturated carbocycles. The van der Waals surface area contributed by atoms with Crippen LogP contribution in [0.25, 0.3) is 0 Å². The molecule has 1 rings (SSSR count). The van der Waals surface area contributed by atoms with Crippen molar-refractivity contribution in [1.82, 2.24) is 9.80 Å². The first kappa shape index (κ1) is 16.9. The summed E-state index contributed by atoms with van der Waals surface area (Å²) in [6.45, 7) is 5.24. The highest BCUT2D eigenvalue weighted by Gasteiger charge is 2.45. The third kappa shape index (κ3) is 3.29. The van der Waals surface area contributed by atoms with Crippen molar-refractivity contribution in [1.29, 1.82) is 0 Å². The predicted octanol–water partition coefficient (Wildman–Crippen LogP) is 1.16. The smallest absolute Gasteiger partial charge is 0.242 e. The van der Waals surface area contributed by atoms with Crippen LogP contribution in [0.2, 0.25) is 0 Å². The normalized spacial score (nSPS) is 16.8. The summed E-state index contributed by atoms with van der Waals surface area (Å²) in [5.41, 5.74) is 5.07. The van der Waals surface area contributed by atoms with E-state index in [1.54, 1.807) is 11.9 Å². The minimum atomic E-state index is -0.729. The first-order chi connectivity index (χ1) is 9.39. The van der Waals surface area contributed by atoms with Gasteiger partial charge in [-0.1, -0.05) is 25.1 Å². The highest BCUT2D eigenvalue weighted by molar-refractivity contribution is 7.80. The number of rotatable bonds is 6. The van der Waals surface area contributed by atoms with Crippen LogP contribution in [-0.2, 0) is 9.59 Å². The first-order valence-electron chi connectivity index (χ1n) is 7.22. The molecule has 0 aromatic rings. The van der Waals surface area contributed by atoms with Gasteiger partial charge in [0.2, 0.25) is 11.8 Å². The fourth-order valence-corrected chi connectivity index (χ4v) is 3.15. The van der Waals surface area contributed by atoms with Gasteiger partial charge in [0.1, 0.15) is 0 Å². The van der Waals surface area contributed by atoms with E-state index in [0.717, 1.165) is 12.8 Å². The van der Waals surface area contributed by atoms with Crippen LogP contribution in [0.15, 0.2) is 0 Å². The SMILES string of the molecule is CCN(CC)C(=O)CN(C)C(=O)C1(C(N)=S)CCCC1. The monoisotopic (exact) mass is 299 g/mol. The molecule has 1 fully saturated rings. The third-order valence-electron chi connectivity index (χ3n) is 4.17. The van der Waals surface area contributed by atoms with Gasteiger partial charge < -0.3 is 15.5 Å². The van der Waals surface area contributed by atoms with Crippen molar-refractivity contribution >= 4 is 29.0 Å². The molecule has 2 amide bonds. The zero-order valence-electron chi connectivity index (χ0n) is 12.6.